The van der Waals surface area contributed by atoms with E-state index in [2.05, 4.69) is 65.8 Å². The summed E-state index contributed by atoms with van der Waals surface area (Å²) in [6, 6.07) is 0. The Morgan fingerprint density at radius 1 is 1.04 bits per heavy atom. The van der Waals surface area contributed by atoms with Gasteiger partial charge < -0.3 is 4.79 Å². The van der Waals surface area contributed by atoms with Gasteiger partial charge in [-0.1, -0.05) is 54.9 Å². The van der Waals surface area contributed by atoms with Gasteiger partial charge in [0.2, 0.25) is 0 Å². The Kier molecular flexibility index (Phi) is 12.7. The standard InChI is InChI=1S/C13H20O.C13H22O/c1-10-6-5-9-13(3,4)12(10)8-7-11(2)14;1-11(2)7-5-8-12(3)9-6-10-13(4)14/h6-8,12H,5,9H2,1-4H3;7,9H,5-6,8,10H2,1-4H3/b;12-9+. The van der Waals surface area contributed by atoms with Crippen LogP contribution in [0.1, 0.15) is 93.9 Å². The molecule has 0 aromatic rings. The van der Waals surface area contributed by atoms with Crippen LogP contribution in [0.5, 0.6) is 0 Å². The molecular formula is C26H42O2. The predicted molar refractivity (Wildman–Crippen MR) is 122 cm³/mol. The maximum atomic E-state index is 10.9. The van der Waals surface area contributed by atoms with Crippen molar-refractivity contribution in [3.63, 3.8) is 0 Å². The van der Waals surface area contributed by atoms with Gasteiger partial charge in [-0.2, -0.15) is 0 Å². The monoisotopic (exact) mass is 386 g/mol. The molecule has 0 aromatic carbocycles. The SMILES string of the molecule is CC(=O)C=CC1C(C)=CCCC1(C)C.CC(=O)CC/C=C(\C)CCC=C(C)C. The summed E-state index contributed by atoms with van der Waals surface area (Å²) in [6.45, 7) is 16.3. The van der Waals surface area contributed by atoms with Crippen LogP contribution in [0, 0.1) is 11.3 Å². The lowest BCUT2D eigenvalue weighted by Crippen LogP contribution is -2.26. The van der Waals surface area contributed by atoms with Crippen molar-refractivity contribution in [2.75, 3.05) is 0 Å². The molecule has 0 heterocycles. The van der Waals surface area contributed by atoms with Crippen LogP contribution >= 0.6 is 0 Å². The summed E-state index contributed by atoms with van der Waals surface area (Å²) in [6.07, 6.45) is 16.7. The molecule has 0 N–H and O–H groups in total. The van der Waals surface area contributed by atoms with Crippen molar-refractivity contribution >= 4 is 11.6 Å². The molecule has 1 atom stereocenters. The number of hydrogen-bond acceptors (Lipinski definition) is 2. The maximum absolute atomic E-state index is 10.9. The number of allylic oxidation sites excluding steroid dienone is 8. The third-order valence-electron chi connectivity index (χ3n) is 5.19. The topological polar surface area (TPSA) is 34.1 Å². The molecular weight excluding hydrogens is 344 g/mol. The van der Waals surface area contributed by atoms with E-state index in [0.717, 1.165) is 19.3 Å². The summed E-state index contributed by atoms with van der Waals surface area (Å²) in [4.78, 5) is 21.6. The fraction of sp³-hybridized carbons (Fsp3) is 0.615. The van der Waals surface area contributed by atoms with Gasteiger partial charge in [0, 0.05) is 12.3 Å². The minimum atomic E-state index is 0.138. The van der Waals surface area contributed by atoms with Crippen molar-refractivity contribution < 1.29 is 9.59 Å². The molecule has 158 valence electrons. The minimum Gasteiger partial charge on any atom is -0.300 e. The zero-order valence-corrected chi connectivity index (χ0v) is 19.5. The Hall–Kier alpha value is -1.70. The van der Waals surface area contributed by atoms with E-state index in [0.29, 0.717) is 17.8 Å². The Morgan fingerprint density at radius 3 is 2.14 bits per heavy atom. The number of carbonyl (C=O) groups excluding carboxylic acids is 2. The fourth-order valence-electron chi connectivity index (χ4n) is 3.43. The van der Waals surface area contributed by atoms with Gasteiger partial charge in [-0.05, 0) is 85.1 Å². The van der Waals surface area contributed by atoms with Crippen molar-refractivity contribution in [2.24, 2.45) is 11.3 Å². The number of carbonyl (C=O) groups is 2. The highest BCUT2D eigenvalue weighted by atomic mass is 16.1. The fourth-order valence-corrected chi connectivity index (χ4v) is 3.43. The van der Waals surface area contributed by atoms with Crippen LogP contribution in [0.3, 0.4) is 0 Å². The molecule has 28 heavy (non-hydrogen) atoms. The molecule has 0 aromatic heterocycles. The van der Waals surface area contributed by atoms with E-state index >= 15 is 0 Å². The minimum absolute atomic E-state index is 0.138. The van der Waals surface area contributed by atoms with E-state index in [1.807, 2.05) is 0 Å². The first-order valence-corrected chi connectivity index (χ1v) is 10.6. The molecule has 0 aliphatic heterocycles. The first-order chi connectivity index (χ1) is 13.0. The lowest BCUT2D eigenvalue weighted by atomic mass is 9.68. The Labute approximate surface area is 173 Å². The predicted octanol–water partition coefficient (Wildman–Crippen LogP) is 7.56. The summed E-state index contributed by atoms with van der Waals surface area (Å²) < 4.78 is 0. The third kappa shape index (κ3) is 12.6. The molecule has 0 amide bonds. The van der Waals surface area contributed by atoms with Gasteiger partial charge in [0.25, 0.3) is 0 Å². The normalized spacial score (nSPS) is 18.8. The Morgan fingerprint density at radius 2 is 1.64 bits per heavy atom. The van der Waals surface area contributed by atoms with Crippen molar-refractivity contribution in [2.45, 2.75) is 93.9 Å². The van der Waals surface area contributed by atoms with Crippen molar-refractivity contribution in [3.8, 4) is 0 Å². The zero-order valence-electron chi connectivity index (χ0n) is 19.5. The maximum Gasteiger partial charge on any atom is 0.152 e. The van der Waals surface area contributed by atoms with Gasteiger partial charge in [-0.15, -0.1) is 0 Å². The van der Waals surface area contributed by atoms with Gasteiger partial charge in [0.05, 0.1) is 0 Å². The molecule has 0 saturated carbocycles. The molecule has 0 saturated heterocycles. The van der Waals surface area contributed by atoms with Gasteiger partial charge >= 0.3 is 0 Å². The number of rotatable bonds is 8. The molecule has 1 aliphatic rings. The average Bonchev–Trinajstić information content (AvgIpc) is 2.53. The van der Waals surface area contributed by atoms with Crippen molar-refractivity contribution in [3.05, 3.63) is 47.1 Å². The van der Waals surface area contributed by atoms with Crippen molar-refractivity contribution in [1.82, 2.24) is 0 Å². The largest absolute Gasteiger partial charge is 0.300 e. The Balaban J connectivity index is 0.000000521. The van der Waals surface area contributed by atoms with Gasteiger partial charge in [0.15, 0.2) is 5.78 Å². The highest BCUT2D eigenvalue weighted by Gasteiger charge is 2.30. The lowest BCUT2D eigenvalue weighted by Gasteiger charge is -2.36. The second-order valence-corrected chi connectivity index (χ2v) is 9.03. The Bertz CT molecular complexity index is 623. The number of ketones is 2. The summed E-state index contributed by atoms with van der Waals surface area (Å²) in [7, 11) is 0. The van der Waals surface area contributed by atoms with Crippen LogP contribution in [0.4, 0.5) is 0 Å². The van der Waals surface area contributed by atoms with Crippen LogP contribution in [-0.2, 0) is 9.59 Å². The van der Waals surface area contributed by atoms with Crippen LogP contribution in [0.15, 0.2) is 47.1 Å². The van der Waals surface area contributed by atoms with Gasteiger partial charge in [-0.3, -0.25) is 4.79 Å². The van der Waals surface area contributed by atoms with Crippen molar-refractivity contribution in [1.29, 1.82) is 0 Å². The van der Waals surface area contributed by atoms with E-state index in [4.69, 9.17) is 0 Å². The summed E-state index contributed by atoms with van der Waals surface area (Å²) in [5, 5.41) is 0. The number of hydrogen-bond donors (Lipinski definition) is 0. The highest BCUT2D eigenvalue weighted by molar-refractivity contribution is 5.87. The second-order valence-electron chi connectivity index (χ2n) is 9.03. The van der Waals surface area contributed by atoms with E-state index in [9.17, 15) is 9.59 Å². The second kappa shape index (κ2) is 13.5. The van der Waals surface area contributed by atoms with Crippen LogP contribution in [0.2, 0.25) is 0 Å². The van der Waals surface area contributed by atoms with E-state index in [1.54, 1.807) is 19.9 Å². The zero-order chi connectivity index (χ0) is 21.7. The molecule has 0 fully saturated rings. The molecule has 0 bridgehead atoms. The lowest BCUT2D eigenvalue weighted by molar-refractivity contribution is -0.117. The van der Waals surface area contributed by atoms with Crippen LogP contribution < -0.4 is 0 Å². The molecule has 0 radical (unpaired) electrons. The summed E-state index contributed by atoms with van der Waals surface area (Å²) in [5.74, 6) is 0.845. The molecule has 1 aliphatic carbocycles. The van der Waals surface area contributed by atoms with Gasteiger partial charge in [0.1, 0.15) is 5.78 Å². The average molecular weight is 387 g/mol. The summed E-state index contributed by atoms with van der Waals surface area (Å²) in [5.41, 5.74) is 4.47. The highest BCUT2D eigenvalue weighted by Crippen LogP contribution is 2.41. The van der Waals surface area contributed by atoms with Crippen LogP contribution in [0.25, 0.3) is 0 Å². The molecule has 2 nitrogen and oxygen atoms in total. The van der Waals surface area contributed by atoms with E-state index in [-0.39, 0.29) is 11.6 Å². The van der Waals surface area contributed by atoms with Crippen LogP contribution in [-0.4, -0.2) is 11.6 Å². The first kappa shape index (κ1) is 26.3. The van der Waals surface area contributed by atoms with E-state index in [1.165, 1.54) is 29.6 Å². The molecule has 1 rings (SSSR count). The molecule has 1 unspecified atom stereocenters. The summed E-state index contributed by atoms with van der Waals surface area (Å²) >= 11 is 0. The quantitative estimate of drug-likeness (QED) is 0.318. The third-order valence-corrected chi connectivity index (χ3v) is 5.19. The molecule has 0 spiro atoms. The molecule has 2 heteroatoms. The number of Topliss-reactive ketones (excluding diaryl/α,β-unsaturated/α-hetero) is 1. The van der Waals surface area contributed by atoms with E-state index < -0.39 is 0 Å². The van der Waals surface area contributed by atoms with Gasteiger partial charge in [-0.25, -0.2) is 0 Å². The first-order valence-electron chi connectivity index (χ1n) is 10.6. The smallest absolute Gasteiger partial charge is 0.152 e.